The van der Waals surface area contributed by atoms with Crippen LogP contribution in [0.1, 0.15) is 0 Å². The van der Waals surface area contributed by atoms with Crippen molar-refractivity contribution in [1.29, 1.82) is 0 Å². The quantitative estimate of drug-likeness (QED) is 0.173. The number of benzene rings is 6. The Morgan fingerprint density at radius 1 is 0.244 bits per heavy atom. The summed E-state index contributed by atoms with van der Waals surface area (Å²) in [6.45, 7) is 5.45. The van der Waals surface area contributed by atoms with Crippen LogP contribution in [0.4, 0.5) is 0 Å². The van der Waals surface area contributed by atoms with Gasteiger partial charge in [0.05, 0.1) is 0 Å². The molecule has 0 saturated carbocycles. The molecule has 0 aliphatic carbocycles. The zero-order valence-corrected chi connectivity index (χ0v) is 28.6. The fourth-order valence-electron chi connectivity index (χ4n) is 4.72. The van der Waals surface area contributed by atoms with E-state index < -0.39 is 21.4 Å². The van der Waals surface area contributed by atoms with E-state index in [1.807, 2.05) is 202 Å². The molecule has 6 heteroatoms. The van der Waals surface area contributed by atoms with E-state index in [1.165, 1.54) is 0 Å². The van der Waals surface area contributed by atoms with Crippen molar-refractivity contribution in [2.75, 3.05) is 20.0 Å². The van der Waals surface area contributed by atoms with Crippen LogP contribution in [-0.4, -0.2) is 20.0 Å². The Labute approximate surface area is 268 Å². The normalized spacial score (nSPS) is 11.3. The van der Waals surface area contributed by atoms with Crippen molar-refractivity contribution >= 4 is 53.3 Å². The molecule has 0 aromatic heterocycles. The standard InChI is InChI=1S/3C13H13OP/c3*1-15(14,12-8-4-2-5-9-12)13-10-6-3-7-11-13/h3*2-11H,1H3. The molecule has 0 radical (unpaired) electrons. The van der Waals surface area contributed by atoms with Crippen molar-refractivity contribution in [1.82, 2.24) is 0 Å². The van der Waals surface area contributed by atoms with E-state index >= 15 is 0 Å². The summed E-state index contributed by atoms with van der Waals surface area (Å²) in [4.78, 5) is 0. The second-order valence-electron chi connectivity index (χ2n) is 10.8. The summed E-state index contributed by atoms with van der Waals surface area (Å²) in [5.74, 6) is 0. The van der Waals surface area contributed by atoms with Gasteiger partial charge in [0.15, 0.2) is 0 Å². The van der Waals surface area contributed by atoms with Gasteiger partial charge in [-0.3, -0.25) is 0 Å². The molecule has 0 bridgehead atoms. The maximum absolute atomic E-state index is 12.6. The highest BCUT2D eigenvalue weighted by atomic mass is 31.2. The predicted octanol–water partition coefficient (Wildman–Crippen LogP) is 7.89. The van der Waals surface area contributed by atoms with Gasteiger partial charge in [0.2, 0.25) is 0 Å². The van der Waals surface area contributed by atoms with E-state index in [-0.39, 0.29) is 0 Å². The van der Waals surface area contributed by atoms with Crippen LogP contribution in [0.5, 0.6) is 0 Å². The molecule has 0 aliphatic rings. The van der Waals surface area contributed by atoms with Crippen LogP contribution in [-0.2, 0) is 13.7 Å². The van der Waals surface area contributed by atoms with E-state index in [9.17, 15) is 13.7 Å². The van der Waals surface area contributed by atoms with Gasteiger partial charge in [-0.1, -0.05) is 182 Å². The number of hydrogen-bond donors (Lipinski definition) is 0. The molecule has 45 heavy (non-hydrogen) atoms. The van der Waals surface area contributed by atoms with Gasteiger partial charge < -0.3 is 13.7 Å². The second-order valence-corrected chi connectivity index (χ2v) is 19.4. The van der Waals surface area contributed by atoms with Gasteiger partial charge in [-0.05, 0) is 20.0 Å². The third kappa shape index (κ3) is 9.03. The highest BCUT2D eigenvalue weighted by Crippen LogP contribution is 2.39. The van der Waals surface area contributed by atoms with Crippen LogP contribution >= 0.6 is 21.4 Å². The monoisotopic (exact) mass is 648 g/mol. The molecular weight excluding hydrogens is 609 g/mol. The molecular formula is C39H39O3P3. The Kier molecular flexibility index (Phi) is 11.9. The van der Waals surface area contributed by atoms with Gasteiger partial charge in [-0.15, -0.1) is 0 Å². The molecule has 6 aromatic rings. The first kappa shape index (κ1) is 33.9. The van der Waals surface area contributed by atoms with Gasteiger partial charge in [0.25, 0.3) is 0 Å². The van der Waals surface area contributed by atoms with Gasteiger partial charge in [-0.2, -0.15) is 0 Å². The summed E-state index contributed by atoms with van der Waals surface area (Å²) in [6.07, 6.45) is 0. The van der Waals surface area contributed by atoms with Crippen LogP contribution < -0.4 is 31.8 Å². The zero-order valence-electron chi connectivity index (χ0n) is 25.9. The minimum atomic E-state index is -2.40. The van der Waals surface area contributed by atoms with Crippen LogP contribution in [0.15, 0.2) is 182 Å². The minimum Gasteiger partial charge on any atom is -0.314 e. The van der Waals surface area contributed by atoms with Crippen LogP contribution in [0.25, 0.3) is 0 Å². The zero-order chi connectivity index (χ0) is 32.2. The summed E-state index contributed by atoms with van der Waals surface area (Å²) in [6, 6.07) is 57.8. The van der Waals surface area contributed by atoms with E-state index in [0.29, 0.717) is 0 Å². The second kappa shape index (κ2) is 15.8. The van der Waals surface area contributed by atoms with E-state index in [4.69, 9.17) is 0 Å². The molecule has 0 fully saturated rings. The van der Waals surface area contributed by atoms with Crippen molar-refractivity contribution in [3.8, 4) is 0 Å². The van der Waals surface area contributed by atoms with Crippen molar-refractivity contribution < 1.29 is 13.7 Å². The topological polar surface area (TPSA) is 51.2 Å². The van der Waals surface area contributed by atoms with Gasteiger partial charge >= 0.3 is 0 Å². The average molecular weight is 649 g/mol. The maximum atomic E-state index is 12.6. The fraction of sp³-hybridized carbons (Fsp3) is 0.0769. The summed E-state index contributed by atoms with van der Waals surface area (Å²) in [5.41, 5.74) is 0. The first-order valence-corrected chi connectivity index (χ1v) is 21.2. The first-order chi connectivity index (χ1) is 21.6. The Bertz CT molecular complexity index is 1520. The summed E-state index contributed by atoms with van der Waals surface area (Å²) >= 11 is 0. The smallest absolute Gasteiger partial charge is 0.140 e. The summed E-state index contributed by atoms with van der Waals surface area (Å²) < 4.78 is 37.9. The highest BCUT2D eigenvalue weighted by Gasteiger charge is 2.21. The molecule has 228 valence electrons. The highest BCUT2D eigenvalue weighted by molar-refractivity contribution is 7.78. The molecule has 0 amide bonds. The third-order valence-electron chi connectivity index (χ3n) is 7.49. The summed E-state index contributed by atoms with van der Waals surface area (Å²) in [7, 11) is -7.19. The molecule has 0 aliphatic heterocycles. The van der Waals surface area contributed by atoms with Crippen molar-refractivity contribution in [2.24, 2.45) is 0 Å². The lowest BCUT2D eigenvalue weighted by molar-refractivity contribution is 0.589. The number of hydrogen-bond acceptors (Lipinski definition) is 3. The Morgan fingerprint density at radius 3 is 0.467 bits per heavy atom. The van der Waals surface area contributed by atoms with Gasteiger partial charge in [-0.25, -0.2) is 0 Å². The van der Waals surface area contributed by atoms with Gasteiger partial charge in [0, 0.05) is 31.8 Å². The van der Waals surface area contributed by atoms with Crippen LogP contribution in [0, 0.1) is 0 Å². The van der Waals surface area contributed by atoms with Gasteiger partial charge in [0.1, 0.15) is 21.4 Å². The SMILES string of the molecule is CP(=O)(c1ccccc1)c1ccccc1.CP(=O)(c1ccccc1)c1ccccc1.CP(=O)(c1ccccc1)c1ccccc1. The van der Waals surface area contributed by atoms with Crippen molar-refractivity contribution in [2.45, 2.75) is 0 Å². The third-order valence-corrected chi connectivity index (χ3v) is 15.2. The summed E-state index contributed by atoms with van der Waals surface area (Å²) in [5, 5.41) is 5.48. The molecule has 0 N–H and O–H groups in total. The fourth-order valence-corrected chi connectivity index (χ4v) is 10.1. The lowest BCUT2D eigenvalue weighted by Gasteiger charge is -2.13. The lowest BCUT2D eigenvalue weighted by Crippen LogP contribution is -2.14. The molecule has 0 unspecified atom stereocenters. The largest absolute Gasteiger partial charge is 0.314 e. The van der Waals surface area contributed by atoms with E-state index in [1.54, 1.807) is 0 Å². The maximum Gasteiger partial charge on any atom is 0.140 e. The molecule has 3 nitrogen and oxygen atoms in total. The van der Waals surface area contributed by atoms with Crippen molar-refractivity contribution in [3.05, 3.63) is 182 Å². The molecule has 0 atom stereocenters. The molecule has 0 heterocycles. The Balaban J connectivity index is 0.000000154. The Morgan fingerprint density at radius 2 is 0.356 bits per heavy atom. The first-order valence-electron chi connectivity index (χ1n) is 14.7. The van der Waals surface area contributed by atoms with Crippen LogP contribution in [0.2, 0.25) is 0 Å². The lowest BCUT2D eigenvalue weighted by atomic mass is 10.4. The minimum absolute atomic E-state index is 0.913. The van der Waals surface area contributed by atoms with Crippen LogP contribution in [0.3, 0.4) is 0 Å². The predicted molar refractivity (Wildman–Crippen MR) is 197 cm³/mol. The number of rotatable bonds is 6. The molecule has 6 aromatic carbocycles. The molecule has 0 spiro atoms. The van der Waals surface area contributed by atoms with E-state index in [0.717, 1.165) is 31.8 Å². The molecule has 6 rings (SSSR count). The average Bonchev–Trinajstić information content (AvgIpc) is 3.11. The molecule has 0 saturated heterocycles. The Hall–Kier alpha value is -3.99. The van der Waals surface area contributed by atoms with E-state index in [2.05, 4.69) is 0 Å². The van der Waals surface area contributed by atoms with Crippen molar-refractivity contribution in [3.63, 3.8) is 0 Å².